The second-order valence-electron chi connectivity index (χ2n) is 3.71. The highest BCUT2D eigenvalue weighted by molar-refractivity contribution is 7.93. The monoisotopic (exact) mass is 242 g/mol. The van der Waals surface area contributed by atoms with E-state index in [1.807, 2.05) is 0 Å². The van der Waals surface area contributed by atoms with E-state index in [2.05, 4.69) is 0 Å². The van der Waals surface area contributed by atoms with Crippen molar-refractivity contribution in [3.63, 3.8) is 0 Å². The summed E-state index contributed by atoms with van der Waals surface area (Å²) in [6.07, 6.45) is 0.0273. The Balaban J connectivity index is 3.37. The molecular weight excluding hydrogens is 228 g/mol. The number of hydrogen-bond donors (Lipinski definition) is 1. The Kier molecular flexibility index (Phi) is 3.38. The van der Waals surface area contributed by atoms with Gasteiger partial charge in [0.05, 0.1) is 4.90 Å². The number of rotatable bonds is 4. The molecule has 1 rings (SSSR count). The number of hydrogen-bond acceptors (Lipinski definition) is 3. The van der Waals surface area contributed by atoms with Crippen LogP contribution in [0.2, 0.25) is 0 Å². The van der Waals surface area contributed by atoms with Crippen LogP contribution >= 0.6 is 0 Å². The van der Waals surface area contributed by atoms with Crippen LogP contribution in [0.4, 0.5) is 0 Å². The summed E-state index contributed by atoms with van der Waals surface area (Å²) in [5.74, 6) is -1.32. The smallest absolute Gasteiger partial charge is 0.325 e. The Hall–Kier alpha value is -1.36. The van der Waals surface area contributed by atoms with E-state index in [4.69, 9.17) is 5.11 Å². The highest BCUT2D eigenvalue weighted by Gasteiger charge is 2.45. The Morgan fingerprint density at radius 3 is 2.19 bits per heavy atom. The van der Waals surface area contributed by atoms with Crippen LogP contribution in [-0.2, 0) is 14.6 Å². The average molecular weight is 242 g/mol. The molecule has 0 spiro atoms. The maximum atomic E-state index is 12.1. The molecule has 1 atom stereocenters. The number of carboxylic acid groups (broad SMARTS) is 1. The molecule has 0 bridgehead atoms. The highest BCUT2D eigenvalue weighted by Crippen LogP contribution is 2.28. The van der Waals surface area contributed by atoms with E-state index in [9.17, 15) is 13.2 Å². The van der Waals surface area contributed by atoms with Crippen molar-refractivity contribution in [3.05, 3.63) is 30.3 Å². The van der Waals surface area contributed by atoms with E-state index in [1.165, 1.54) is 19.1 Å². The van der Waals surface area contributed by atoms with E-state index in [0.29, 0.717) is 0 Å². The number of aliphatic carboxylic acids is 1. The Morgan fingerprint density at radius 2 is 1.81 bits per heavy atom. The van der Waals surface area contributed by atoms with Crippen molar-refractivity contribution in [1.29, 1.82) is 0 Å². The van der Waals surface area contributed by atoms with Crippen LogP contribution in [0.3, 0.4) is 0 Å². The third-order valence-corrected chi connectivity index (χ3v) is 5.32. The van der Waals surface area contributed by atoms with Crippen molar-refractivity contribution < 1.29 is 18.3 Å². The van der Waals surface area contributed by atoms with Gasteiger partial charge in [-0.1, -0.05) is 25.1 Å². The molecule has 1 aromatic rings. The second kappa shape index (κ2) is 4.25. The van der Waals surface area contributed by atoms with E-state index < -0.39 is 20.6 Å². The quantitative estimate of drug-likeness (QED) is 0.872. The second-order valence-corrected chi connectivity index (χ2v) is 6.09. The molecule has 0 aliphatic rings. The summed E-state index contributed by atoms with van der Waals surface area (Å²) in [5.41, 5.74) is 0. The summed E-state index contributed by atoms with van der Waals surface area (Å²) in [6.45, 7) is 2.78. The SMILES string of the molecule is CCC(C)(C(=O)O)S(=O)(=O)c1ccccc1. The zero-order chi connectivity index (χ0) is 12.4. The Labute approximate surface area is 94.8 Å². The maximum Gasteiger partial charge on any atom is 0.325 e. The summed E-state index contributed by atoms with van der Waals surface area (Å²) >= 11 is 0. The molecule has 5 heteroatoms. The Morgan fingerprint density at radius 1 is 1.31 bits per heavy atom. The standard InChI is InChI=1S/C11H14O4S/c1-3-11(2,10(12)13)16(14,15)9-7-5-4-6-8-9/h4-8H,3H2,1-2H3,(H,12,13). The number of sulfone groups is 1. The molecule has 16 heavy (non-hydrogen) atoms. The lowest BCUT2D eigenvalue weighted by molar-refractivity contribution is -0.139. The van der Waals surface area contributed by atoms with Crippen LogP contribution in [0.15, 0.2) is 35.2 Å². The van der Waals surface area contributed by atoms with Crippen molar-refractivity contribution in [3.8, 4) is 0 Å². The minimum atomic E-state index is -3.85. The minimum absolute atomic E-state index is 0.0273. The Bertz CT molecular complexity index is 478. The first-order chi connectivity index (χ1) is 7.36. The molecule has 0 radical (unpaired) electrons. The van der Waals surface area contributed by atoms with Crippen LogP contribution in [0.5, 0.6) is 0 Å². The number of carbonyl (C=O) groups is 1. The first-order valence-electron chi connectivity index (χ1n) is 4.89. The van der Waals surface area contributed by atoms with Gasteiger partial charge in [-0.3, -0.25) is 4.79 Å². The van der Waals surface area contributed by atoms with Gasteiger partial charge in [-0.15, -0.1) is 0 Å². The van der Waals surface area contributed by atoms with Gasteiger partial charge in [-0.2, -0.15) is 0 Å². The fourth-order valence-corrected chi connectivity index (χ4v) is 2.96. The van der Waals surface area contributed by atoms with Gasteiger partial charge in [0.2, 0.25) is 0 Å². The zero-order valence-corrected chi connectivity index (χ0v) is 9.99. The fraction of sp³-hybridized carbons (Fsp3) is 0.364. The summed E-state index contributed by atoms with van der Waals surface area (Å²) in [7, 11) is -3.85. The van der Waals surface area contributed by atoms with Gasteiger partial charge in [0.1, 0.15) is 0 Å². The summed E-state index contributed by atoms with van der Waals surface area (Å²) in [6, 6.07) is 7.65. The third kappa shape index (κ3) is 1.82. The summed E-state index contributed by atoms with van der Waals surface area (Å²) in [4.78, 5) is 11.1. The van der Waals surface area contributed by atoms with Crippen molar-refractivity contribution in [2.45, 2.75) is 29.9 Å². The molecule has 0 aliphatic carbocycles. The van der Waals surface area contributed by atoms with Gasteiger partial charge in [0, 0.05) is 0 Å². The molecule has 0 fully saturated rings. The van der Waals surface area contributed by atoms with Crippen molar-refractivity contribution in [1.82, 2.24) is 0 Å². The van der Waals surface area contributed by atoms with Crippen LogP contribution in [-0.4, -0.2) is 24.2 Å². The lowest BCUT2D eigenvalue weighted by Gasteiger charge is -2.23. The highest BCUT2D eigenvalue weighted by atomic mass is 32.2. The van der Waals surface area contributed by atoms with Gasteiger partial charge in [-0.05, 0) is 25.5 Å². The third-order valence-electron chi connectivity index (χ3n) is 2.77. The molecule has 0 saturated carbocycles. The molecule has 1 N–H and O–H groups in total. The molecule has 0 aromatic heterocycles. The number of carboxylic acids is 1. The average Bonchev–Trinajstić information content (AvgIpc) is 2.28. The molecular formula is C11H14O4S. The van der Waals surface area contributed by atoms with Crippen molar-refractivity contribution >= 4 is 15.8 Å². The van der Waals surface area contributed by atoms with Crippen LogP contribution < -0.4 is 0 Å². The molecule has 0 saturated heterocycles. The van der Waals surface area contributed by atoms with Crippen LogP contribution in [0, 0.1) is 0 Å². The first-order valence-corrected chi connectivity index (χ1v) is 6.37. The largest absolute Gasteiger partial charge is 0.480 e. The van der Waals surface area contributed by atoms with E-state index in [-0.39, 0.29) is 11.3 Å². The normalized spacial score (nSPS) is 15.4. The molecule has 0 heterocycles. The topological polar surface area (TPSA) is 71.4 Å². The van der Waals surface area contributed by atoms with E-state index in [1.54, 1.807) is 25.1 Å². The maximum absolute atomic E-state index is 12.1. The molecule has 0 aliphatic heterocycles. The zero-order valence-electron chi connectivity index (χ0n) is 9.17. The van der Waals surface area contributed by atoms with Crippen molar-refractivity contribution in [2.75, 3.05) is 0 Å². The first kappa shape index (κ1) is 12.7. The van der Waals surface area contributed by atoms with Crippen LogP contribution in [0.25, 0.3) is 0 Å². The lowest BCUT2D eigenvalue weighted by atomic mass is 10.1. The molecule has 1 aromatic carbocycles. The predicted molar refractivity (Wildman–Crippen MR) is 60.0 cm³/mol. The lowest BCUT2D eigenvalue weighted by Crippen LogP contribution is -2.42. The molecule has 4 nitrogen and oxygen atoms in total. The van der Waals surface area contributed by atoms with Gasteiger partial charge in [-0.25, -0.2) is 8.42 Å². The van der Waals surface area contributed by atoms with Gasteiger partial charge in [0.15, 0.2) is 14.6 Å². The fourth-order valence-electron chi connectivity index (χ4n) is 1.32. The van der Waals surface area contributed by atoms with Crippen molar-refractivity contribution in [2.24, 2.45) is 0 Å². The molecule has 1 unspecified atom stereocenters. The summed E-state index contributed by atoms with van der Waals surface area (Å²) in [5, 5.41) is 9.05. The molecule has 0 amide bonds. The van der Waals surface area contributed by atoms with Gasteiger partial charge in [0.25, 0.3) is 0 Å². The summed E-state index contributed by atoms with van der Waals surface area (Å²) < 4.78 is 22.5. The molecule has 88 valence electrons. The van der Waals surface area contributed by atoms with E-state index >= 15 is 0 Å². The van der Waals surface area contributed by atoms with E-state index in [0.717, 1.165) is 0 Å². The van der Waals surface area contributed by atoms with Crippen LogP contribution in [0.1, 0.15) is 20.3 Å². The number of benzene rings is 1. The predicted octanol–water partition coefficient (Wildman–Crippen LogP) is 1.71. The minimum Gasteiger partial charge on any atom is -0.480 e. The van der Waals surface area contributed by atoms with Gasteiger partial charge < -0.3 is 5.11 Å². The van der Waals surface area contributed by atoms with Gasteiger partial charge >= 0.3 is 5.97 Å².